The summed E-state index contributed by atoms with van der Waals surface area (Å²) in [5.74, 6) is 0. The van der Waals surface area contributed by atoms with E-state index in [1.807, 2.05) is 20.8 Å². The summed E-state index contributed by atoms with van der Waals surface area (Å²) in [6.45, 7) is 11.0. The van der Waals surface area contributed by atoms with E-state index in [0.29, 0.717) is 19.8 Å². The predicted molar refractivity (Wildman–Crippen MR) is 49.9 cm³/mol. The Morgan fingerprint density at radius 1 is 0.923 bits per heavy atom. The van der Waals surface area contributed by atoms with Crippen molar-refractivity contribution in [2.24, 2.45) is 0 Å². The Balaban J connectivity index is -0.000000309. The Hall–Kier alpha value is 0.512. The second-order valence-electron chi connectivity index (χ2n) is 1.55. The van der Waals surface area contributed by atoms with Crippen LogP contribution in [0, 0.1) is 0 Å². The Morgan fingerprint density at radius 2 is 1.15 bits per heavy atom. The smallest absolute Gasteiger partial charge is 0.397 e. The fraction of sp³-hybridized carbons (Fsp3) is 0.857. The Morgan fingerprint density at radius 3 is 1.31 bits per heavy atom. The Kier molecular flexibility index (Phi) is 27.0. The molecule has 4 nitrogen and oxygen atoms in total. The summed E-state index contributed by atoms with van der Waals surface area (Å²) in [4.78, 5) is 7.75. The topological polar surface area (TPSA) is 44.8 Å². The second kappa shape index (κ2) is 18.3. The average molecular weight is 248 g/mol. The van der Waals surface area contributed by atoms with Crippen LogP contribution < -0.4 is 0 Å². The maximum atomic E-state index is 7.75. The van der Waals surface area contributed by atoms with E-state index in [4.69, 9.17) is 18.4 Å². The molecule has 0 aromatic carbocycles. The van der Waals surface area contributed by atoms with Crippen molar-refractivity contribution < 1.29 is 35.7 Å². The van der Waals surface area contributed by atoms with Crippen molar-refractivity contribution >= 4 is 15.4 Å². The molecule has 0 aromatic rings. The SMILES string of the molecule is CCO[PH+](OCC)OCC.[CH-]=O.[Cr]. The van der Waals surface area contributed by atoms with Crippen molar-refractivity contribution in [2.45, 2.75) is 20.8 Å². The van der Waals surface area contributed by atoms with Crippen LogP contribution >= 0.6 is 8.60 Å². The van der Waals surface area contributed by atoms with Crippen molar-refractivity contribution in [3.8, 4) is 0 Å². The molecule has 0 fully saturated rings. The quantitative estimate of drug-likeness (QED) is 0.408. The van der Waals surface area contributed by atoms with E-state index >= 15 is 0 Å². The predicted octanol–water partition coefficient (Wildman–Crippen LogP) is 1.78. The van der Waals surface area contributed by atoms with Crippen LogP contribution in [-0.2, 0) is 35.7 Å². The first kappa shape index (κ1) is 19.1. The van der Waals surface area contributed by atoms with E-state index in [9.17, 15) is 0 Å². The van der Waals surface area contributed by atoms with Crippen molar-refractivity contribution in [3.63, 3.8) is 0 Å². The van der Waals surface area contributed by atoms with Gasteiger partial charge in [0.2, 0.25) is 0 Å². The Labute approximate surface area is 92.1 Å². The molecule has 13 heavy (non-hydrogen) atoms. The van der Waals surface area contributed by atoms with Crippen molar-refractivity contribution in [1.82, 2.24) is 0 Å². The Bertz CT molecular complexity index is 72.6. The van der Waals surface area contributed by atoms with Crippen molar-refractivity contribution in [2.75, 3.05) is 19.8 Å². The van der Waals surface area contributed by atoms with Gasteiger partial charge in [0, 0.05) is 17.4 Å². The van der Waals surface area contributed by atoms with Gasteiger partial charge in [0.1, 0.15) is 0 Å². The number of hydrogen-bond acceptors (Lipinski definition) is 4. The van der Waals surface area contributed by atoms with Gasteiger partial charge < -0.3 is 4.79 Å². The van der Waals surface area contributed by atoms with Gasteiger partial charge in [0.25, 0.3) is 0 Å². The first-order valence-corrected chi connectivity index (χ1v) is 5.06. The zero-order chi connectivity index (χ0) is 9.82. The summed E-state index contributed by atoms with van der Waals surface area (Å²) in [7, 11) is -1.40. The minimum Gasteiger partial charge on any atom is -0.545 e. The van der Waals surface area contributed by atoms with E-state index in [1.54, 1.807) is 0 Å². The number of carbonyl (C=O) groups excluding carboxylic acids is 1. The molecule has 0 N–H and O–H groups in total. The summed E-state index contributed by atoms with van der Waals surface area (Å²) >= 11 is 0. The first-order valence-electron chi connectivity index (χ1n) is 3.84. The van der Waals surface area contributed by atoms with Gasteiger partial charge in [-0.3, -0.25) is 6.79 Å². The minimum atomic E-state index is -1.40. The van der Waals surface area contributed by atoms with Crippen LogP contribution in [0.5, 0.6) is 0 Å². The van der Waals surface area contributed by atoms with Crippen LogP contribution in [0.4, 0.5) is 0 Å². The molecule has 80 valence electrons. The molecule has 0 aliphatic carbocycles. The van der Waals surface area contributed by atoms with E-state index in [0.717, 1.165) is 0 Å². The average Bonchev–Trinajstić information content (AvgIpc) is 2.10. The van der Waals surface area contributed by atoms with Gasteiger partial charge in [-0.25, -0.2) is 0 Å². The molecule has 0 spiro atoms. The summed E-state index contributed by atoms with van der Waals surface area (Å²) in [6, 6.07) is 0. The molecular weight excluding hydrogens is 231 g/mol. The summed E-state index contributed by atoms with van der Waals surface area (Å²) in [6.07, 6.45) is 0. The van der Waals surface area contributed by atoms with Crippen LogP contribution in [0.2, 0.25) is 0 Å². The minimum absolute atomic E-state index is 0. The standard InChI is InChI=1S/C6H16O3P.CHO.Cr/c1-4-7-10(8-5-2)9-6-3;1-2;/h10H,4-6H2,1-3H3;1H;/q+1;-1;. The second-order valence-corrected chi connectivity index (χ2v) is 2.92. The van der Waals surface area contributed by atoms with Crippen LogP contribution in [-0.4, -0.2) is 26.6 Å². The maximum Gasteiger partial charge on any atom is 0.397 e. The third-order valence-corrected chi connectivity index (χ3v) is 2.36. The third-order valence-electron chi connectivity index (χ3n) is 0.787. The molecule has 0 aliphatic heterocycles. The van der Waals surface area contributed by atoms with E-state index in [2.05, 4.69) is 6.79 Å². The van der Waals surface area contributed by atoms with Crippen LogP contribution in [0.1, 0.15) is 20.8 Å². The summed E-state index contributed by atoms with van der Waals surface area (Å²) < 4.78 is 15.5. The fourth-order valence-corrected chi connectivity index (χ4v) is 1.44. The monoisotopic (exact) mass is 248 g/mol. The molecule has 6 heteroatoms. The van der Waals surface area contributed by atoms with Crippen LogP contribution in [0.15, 0.2) is 0 Å². The fourth-order valence-electron chi connectivity index (χ4n) is 0.479. The molecular formula is C7H17CrO4P. The maximum absolute atomic E-state index is 7.75. The van der Waals surface area contributed by atoms with Gasteiger partial charge in [-0.15, -0.1) is 0 Å². The number of hydrogen-bond donors (Lipinski definition) is 0. The molecule has 0 aromatic heterocycles. The molecule has 0 bridgehead atoms. The molecule has 0 heterocycles. The van der Waals surface area contributed by atoms with Crippen LogP contribution in [0.3, 0.4) is 0 Å². The van der Waals surface area contributed by atoms with Crippen LogP contribution in [0.25, 0.3) is 0 Å². The largest absolute Gasteiger partial charge is 0.545 e. The third kappa shape index (κ3) is 15.3. The number of rotatable bonds is 6. The van der Waals surface area contributed by atoms with Crippen molar-refractivity contribution in [3.05, 3.63) is 0 Å². The molecule has 0 saturated heterocycles. The van der Waals surface area contributed by atoms with E-state index < -0.39 is 8.60 Å². The molecule has 0 aliphatic rings. The van der Waals surface area contributed by atoms with Gasteiger partial charge in [0.15, 0.2) is 0 Å². The normalized spacial score (nSPS) is 8.62. The molecule has 0 radical (unpaired) electrons. The van der Waals surface area contributed by atoms with Gasteiger partial charge in [-0.2, -0.15) is 13.6 Å². The summed E-state index contributed by atoms with van der Waals surface area (Å²) in [5.41, 5.74) is 0. The van der Waals surface area contributed by atoms with Gasteiger partial charge in [-0.1, -0.05) is 0 Å². The molecule has 0 saturated carbocycles. The van der Waals surface area contributed by atoms with E-state index in [-0.39, 0.29) is 17.4 Å². The summed E-state index contributed by atoms with van der Waals surface area (Å²) in [5, 5.41) is 0. The van der Waals surface area contributed by atoms with Crippen molar-refractivity contribution in [1.29, 1.82) is 0 Å². The molecule has 0 atom stereocenters. The molecule has 0 rings (SSSR count). The zero-order valence-corrected chi connectivity index (χ0v) is 10.5. The van der Waals surface area contributed by atoms with Gasteiger partial charge in [-0.05, 0) is 20.8 Å². The van der Waals surface area contributed by atoms with Gasteiger partial charge >= 0.3 is 8.60 Å². The molecule has 0 amide bonds. The molecule has 0 unspecified atom stereocenters. The van der Waals surface area contributed by atoms with Gasteiger partial charge in [0.05, 0.1) is 19.8 Å². The van der Waals surface area contributed by atoms with E-state index in [1.165, 1.54) is 0 Å². The zero-order valence-electron chi connectivity index (χ0n) is 8.24. The first-order chi connectivity index (χ1) is 5.85.